The Bertz CT molecular complexity index is 927. The Morgan fingerprint density at radius 3 is 2.56 bits per heavy atom. The minimum Gasteiger partial charge on any atom is -0.330 e. The molecule has 1 aromatic heterocycles. The molecular weight excluding hydrogens is 376 g/mol. The lowest BCUT2D eigenvalue weighted by Gasteiger charge is -2.20. The molecule has 5 nitrogen and oxygen atoms in total. The molecule has 0 aliphatic heterocycles. The maximum atomic E-state index is 12.7. The molecule has 0 bridgehead atoms. The molecule has 0 radical (unpaired) electrons. The summed E-state index contributed by atoms with van der Waals surface area (Å²) < 4.78 is 0.767. The molecule has 0 fully saturated rings. The molecule has 0 aliphatic carbocycles. The van der Waals surface area contributed by atoms with Crippen LogP contribution < -0.4 is 10.2 Å². The highest BCUT2D eigenvalue weighted by Gasteiger charge is 2.21. The van der Waals surface area contributed by atoms with Gasteiger partial charge in [0, 0.05) is 18.4 Å². The molecule has 1 N–H and O–H groups in total. The van der Waals surface area contributed by atoms with Gasteiger partial charge in [-0.15, -0.1) is 10.2 Å². The van der Waals surface area contributed by atoms with Crippen molar-refractivity contribution < 1.29 is 4.79 Å². The first kappa shape index (κ1) is 19.4. The Kier molecular flexibility index (Phi) is 6.13. The normalized spacial score (nSPS) is 11.9. The van der Waals surface area contributed by atoms with Crippen molar-refractivity contribution in [3.63, 3.8) is 0 Å². The Morgan fingerprint density at radius 2 is 1.85 bits per heavy atom. The van der Waals surface area contributed by atoms with Crippen LogP contribution in [0.5, 0.6) is 0 Å². The monoisotopic (exact) mass is 398 g/mol. The van der Waals surface area contributed by atoms with E-state index in [4.69, 9.17) is 0 Å². The van der Waals surface area contributed by atoms with Crippen LogP contribution in [0.4, 0.5) is 16.5 Å². The molecule has 7 heteroatoms. The number of carbonyl (C=O) groups is 1. The Hall–Kier alpha value is -2.38. The van der Waals surface area contributed by atoms with Gasteiger partial charge >= 0.3 is 0 Å². The number of nitrogens with zero attached hydrogens (tertiary/aromatic N) is 3. The van der Waals surface area contributed by atoms with Gasteiger partial charge < -0.3 is 10.2 Å². The predicted molar refractivity (Wildman–Crippen MR) is 114 cm³/mol. The van der Waals surface area contributed by atoms with Gasteiger partial charge in [-0.2, -0.15) is 0 Å². The van der Waals surface area contributed by atoms with Gasteiger partial charge in [-0.05, 0) is 56.2 Å². The van der Waals surface area contributed by atoms with Gasteiger partial charge in [-0.25, -0.2) is 0 Å². The number of hydrogen-bond acceptors (Lipinski definition) is 6. The van der Waals surface area contributed by atoms with Gasteiger partial charge in [0.25, 0.3) is 0 Å². The van der Waals surface area contributed by atoms with E-state index in [2.05, 4.69) is 41.5 Å². The first-order valence-electron chi connectivity index (χ1n) is 8.61. The smallest absolute Gasteiger partial charge is 0.240 e. The molecule has 0 spiro atoms. The van der Waals surface area contributed by atoms with Crippen LogP contribution in [-0.4, -0.2) is 28.4 Å². The molecule has 2 aromatic carbocycles. The SMILES string of the molecule is Cc1ccc(Nc2nnc(S[C@@H](C)C(=O)N(C)c3ccccc3)s2)cc1C. The molecule has 0 unspecified atom stereocenters. The molecular formula is C20H22N4OS2. The minimum atomic E-state index is -0.252. The van der Waals surface area contributed by atoms with Gasteiger partial charge in [0.15, 0.2) is 4.34 Å². The quantitative estimate of drug-likeness (QED) is 0.589. The van der Waals surface area contributed by atoms with Crippen molar-refractivity contribution in [2.45, 2.75) is 30.4 Å². The van der Waals surface area contributed by atoms with Crippen LogP contribution in [0.25, 0.3) is 0 Å². The summed E-state index contributed by atoms with van der Waals surface area (Å²) in [6.07, 6.45) is 0. The summed E-state index contributed by atoms with van der Waals surface area (Å²) in [6.45, 7) is 6.06. The van der Waals surface area contributed by atoms with Crippen LogP contribution in [0.2, 0.25) is 0 Å². The average Bonchev–Trinajstić information content (AvgIpc) is 3.11. The standard InChI is InChI=1S/C20H22N4OS2/c1-13-10-11-16(12-14(13)2)21-19-22-23-20(27-19)26-15(3)18(25)24(4)17-8-6-5-7-9-17/h5-12,15H,1-4H3,(H,21,22)/t15-/m0/s1. The predicted octanol–water partition coefficient (Wildman–Crippen LogP) is 5.04. The second-order valence-electron chi connectivity index (χ2n) is 6.29. The number of aryl methyl sites for hydroxylation is 2. The second kappa shape index (κ2) is 8.54. The first-order valence-corrected chi connectivity index (χ1v) is 10.3. The molecule has 27 heavy (non-hydrogen) atoms. The third-order valence-corrected chi connectivity index (χ3v) is 6.27. The zero-order chi connectivity index (χ0) is 19.4. The summed E-state index contributed by atoms with van der Waals surface area (Å²) in [7, 11) is 1.79. The van der Waals surface area contributed by atoms with Crippen molar-refractivity contribution >= 4 is 45.5 Å². The van der Waals surface area contributed by atoms with E-state index in [1.807, 2.05) is 43.3 Å². The highest BCUT2D eigenvalue weighted by Crippen LogP contribution is 2.31. The number of nitrogens with one attached hydrogen (secondary N) is 1. The Labute approximate surface area is 167 Å². The van der Waals surface area contributed by atoms with E-state index in [1.54, 1.807) is 11.9 Å². The maximum Gasteiger partial charge on any atom is 0.240 e. The fraction of sp³-hybridized carbons (Fsp3) is 0.250. The van der Waals surface area contributed by atoms with E-state index in [0.29, 0.717) is 0 Å². The van der Waals surface area contributed by atoms with Gasteiger partial charge in [0.2, 0.25) is 11.0 Å². The number of hydrogen-bond donors (Lipinski definition) is 1. The molecule has 0 aliphatic rings. The van der Waals surface area contributed by atoms with E-state index in [9.17, 15) is 4.79 Å². The van der Waals surface area contributed by atoms with Gasteiger partial charge in [0.05, 0.1) is 5.25 Å². The number of thioether (sulfide) groups is 1. The van der Waals surface area contributed by atoms with Crippen LogP contribution in [0, 0.1) is 13.8 Å². The molecule has 0 saturated heterocycles. The summed E-state index contributed by atoms with van der Waals surface area (Å²) in [4.78, 5) is 14.3. The lowest BCUT2D eigenvalue weighted by atomic mass is 10.1. The van der Waals surface area contributed by atoms with Crippen LogP contribution in [0.3, 0.4) is 0 Å². The van der Waals surface area contributed by atoms with Crippen molar-refractivity contribution in [3.8, 4) is 0 Å². The van der Waals surface area contributed by atoms with Crippen LogP contribution >= 0.6 is 23.1 Å². The van der Waals surface area contributed by atoms with Gasteiger partial charge in [0.1, 0.15) is 0 Å². The van der Waals surface area contributed by atoms with Gasteiger partial charge in [-0.3, -0.25) is 4.79 Å². The Balaban J connectivity index is 1.62. The number of aromatic nitrogens is 2. The highest BCUT2D eigenvalue weighted by molar-refractivity contribution is 8.02. The van der Waals surface area contributed by atoms with Crippen molar-refractivity contribution in [2.24, 2.45) is 0 Å². The molecule has 0 saturated carbocycles. The lowest BCUT2D eigenvalue weighted by molar-refractivity contribution is -0.117. The second-order valence-corrected chi connectivity index (χ2v) is 8.86. The number of rotatable bonds is 6. The molecule has 3 aromatic rings. The van der Waals surface area contributed by atoms with Crippen LogP contribution in [-0.2, 0) is 4.79 Å². The van der Waals surface area contributed by atoms with E-state index in [1.165, 1.54) is 34.2 Å². The van der Waals surface area contributed by atoms with Crippen molar-refractivity contribution in [1.82, 2.24) is 10.2 Å². The number of anilines is 3. The van der Waals surface area contributed by atoms with Crippen molar-refractivity contribution in [1.29, 1.82) is 0 Å². The topological polar surface area (TPSA) is 58.1 Å². The van der Waals surface area contributed by atoms with E-state index in [0.717, 1.165) is 20.8 Å². The molecule has 1 heterocycles. The number of para-hydroxylation sites is 1. The number of carbonyl (C=O) groups excluding carboxylic acids is 1. The molecule has 3 rings (SSSR count). The van der Waals surface area contributed by atoms with E-state index < -0.39 is 0 Å². The molecule has 1 amide bonds. The summed E-state index contributed by atoms with van der Waals surface area (Å²) in [5, 5.41) is 12.1. The highest BCUT2D eigenvalue weighted by atomic mass is 32.2. The first-order chi connectivity index (χ1) is 12.9. The summed E-state index contributed by atoms with van der Waals surface area (Å²) >= 11 is 2.88. The minimum absolute atomic E-state index is 0.0325. The molecule has 1 atom stereocenters. The van der Waals surface area contributed by atoms with Gasteiger partial charge in [-0.1, -0.05) is 47.4 Å². The third kappa shape index (κ3) is 4.87. The Morgan fingerprint density at radius 1 is 1.11 bits per heavy atom. The van der Waals surface area contributed by atoms with Crippen molar-refractivity contribution in [3.05, 3.63) is 59.7 Å². The zero-order valence-corrected chi connectivity index (χ0v) is 17.4. The third-order valence-electron chi connectivity index (χ3n) is 4.26. The fourth-order valence-electron chi connectivity index (χ4n) is 2.50. The maximum absolute atomic E-state index is 12.7. The fourth-order valence-corrected chi connectivity index (χ4v) is 4.51. The van der Waals surface area contributed by atoms with Crippen molar-refractivity contribution in [2.75, 3.05) is 17.3 Å². The summed E-state index contributed by atoms with van der Waals surface area (Å²) in [5.74, 6) is 0.0325. The van der Waals surface area contributed by atoms with Crippen LogP contribution in [0.15, 0.2) is 52.9 Å². The lowest BCUT2D eigenvalue weighted by Crippen LogP contribution is -2.33. The average molecular weight is 399 g/mol. The van der Waals surface area contributed by atoms with E-state index in [-0.39, 0.29) is 11.2 Å². The largest absolute Gasteiger partial charge is 0.330 e. The summed E-state index contributed by atoms with van der Waals surface area (Å²) in [6, 6.07) is 15.8. The zero-order valence-electron chi connectivity index (χ0n) is 15.8. The number of benzene rings is 2. The van der Waals surface area contributed by atoms with Crippen LogP contribution in [0.1, 0.15) is 18.1 Å². The molecule has 140 valence electrons. The number of amides is 1. The van der Waals surface area contributed by atoms with E-state index >= 15 is 0 Å². The summed E-state index contributed by atoms with van der Waals surface area (Å²) in [5.41, 5.74) is 4.34.